The first-order valence-electron chi connectivity index (χ1n) is 6.42. The molecule has 1 saturated carbocycles. The van der Waals surface area contributed by atoms with Crippen molar-refractivity contribution in [3.63, 3.8) is 0 Å². The Morgan fingerprint density at radius 1 is 1.31 bits per heavy atom. The fourth-order valence-electron chi connectivity index (χ4n) is 2.97. The minimum atomic E-state index is 0.239. The van der Waals surface area contributed by atoms with E-state index in [-0.39, 0.29) is 5.60 Å². The molecule has 16 heavy (non-hydrogen) atoms. The predicted molar refractivity (Wildman–Crippen MR) is 67.8 cm³/mol. The third kappa shape index (κ3) is 3.22. The van der Waals surface area contributed by atoms with E-state index >= 15 is 0 Å². The highest BCUT2D eigenvalue weighted by molar-refractivity contribution is 6.29. The summed E-state index contributed by atoms with van der Waals surface area (Å²) in [6.45, 7) is 5.26. The van der Waals surface area contributed by atoms with Crippen LogP contribution in [0.3, 0.4) is 0 Å². The van der Waals surface area contributed by atoms with Crippen LogP contribution in [0.5, 0.6) is 0 Å². The van der Waals surface area contributed by atoms with Gasteiger partial charge in [0, 0.05) is 18.1 Å². The monoisotopic (exact) mass is 243 g/mol. The van der Waals surface area contributed by atoms with E-state index in [1.54, 1.807) is 0 Å². The number of nitrogens with one attached hydrogen (secondary N) is 1. The molecule has 1 heterocycles. The second kappa shape index (κ2) is 5.52. The minimum Gasteiger partial charge on any atom is -0.370 e. The molecule has 2 fully saturated rings. The van der Waals surface area contributed by atoms with Crippen LogP contribution in [0.25, 0.3) is 0 Å². The van der Waals surface area contributed by atoms with Crippen molar-refractivity contribution in [1.29, 1.82) is 0 Å². The molecule has 1 spiro atoms. The Hall–Kier alpha value is -0.0500. The quantitative estimate of drug-likeness (QED) is 0.819. The van der Waals surface area contributed by atoms with Gasteiger partial charge in [0.05, 0.1) is 11.7 Å². The van der Waals surface area contributed by atoms with Gasteiger partial charge >= 0.3 is 0 Å². The van der Waals surface area contributed by atoms with Crippen molar-refractivity contribution in [3.05, 3.63) is 11.6 Å². The van der Waals surface area contributed by atoms with E-state index in [2.05, 4.69) is 11.9 Å². The zero-order chi connectivity index (χ0) is 11.4. The molecule has 1 atom stereocenters. The van der Waals surface area contributed by atoms with E-state index in [1.165, 1.54) is 44.9 Å². The molecule has 3 heteroatoms. The fourth-order valence-corrected chi connectivity index (χ4v) is 3.07. The van der Waals surface area contributed by atoms with Crippen molar-refractivity contribution in [2.75, 3.05) is 13.1 Å². The lowest BCUT2D eigenvalue weighted by molar-refractivity contribution is -0.0621. The van der Waals surface area contributed by atoms with Gasteiger partial charge < -0.3 is 10.1 Å². The highest BCUT2D eigenvalue weighted by Crippen LogP contribution is 2.41. The highest BCUT2D eigenvalue weighted by Gasteiger charge is 2.40. The predicted octanol–water partition coefficient (Wildman–Crippen LogP) is 3.21. The van der Waals surface area contributed by atoms with Gasteiger partial charge in [-0.3, -0.25) is 0 Å². The number of halogens is 1. The fraction of sp³-hybridized carbons (Fsp3) is 0.846. The van der Waals surface area contributed by atoms with Crippen LogP contribution in [0.2, 0.25) is 0 Å². The molecule has 1 saturated heterocycles. The summed E-state index contributed by atoms with van der Waals surface area (Å²) in [5, 5.41) is 3.96. The second-order valence-electron chi connectivity index (χ2n) is 5.17. The molecule has 92 valence electrons. The zero-order valence-corrected chi connectivity index (χ0v) is 10.7. The number of hydrogen-bond donors (Lipinski definition) is 1. The van der Waals surface area contributed by atoms with Gasteiger partial charge in [0.15, 0.2) is 0 Å². The lowest BCUT2D eigenvalue weighted by Crippen LogP contribution is -2.34. The summed E-state index contributed by atoms with van der Waals surface area (Å²) in [4.78, 5) is 0. The van der Waals surface area contributed by atoms with E-state index in [9.17, 15) is 0 Å². The van der Waals surface area contributed by atoms with Crippen LogP contribution in [0.4, 0.5) is 0 Å². The SMILES string of the molecule is C=C(Cl)CNCC1CCC2(CCCCC2)O1. The van der Waals surface area contributed by atoms with Gasteiger partial charge in [-0.2, -0.15) is 0 Å². The molecule has 1 aliphatic carbocycles. The van der Waals surface area contributed by atoms with Crippen molar-refractivity contribution >= 4 is 11.6 Å². The minimum absolute atomic E-state index is 0.239. The smallest absolute Gasteiger partial charge is 0.0708 e. The number of hydrogen-bond acceptors (Lipinski definition) is 2. The van der Waals surface area contributed by atoms with Gasteiger partial charge in [-0.25, -0.2) is 0 Å². The van der Waals surface area contributed by atoms with Crippen molar-refractivity contribution < 1.29 is 4.74 Å². The number of ether oxygens (including phenoxy) is 1. The van der Waals surface area contributed by atoms with Crippen molar-refractivity contribution in [2.45, 2.75) is 56.7 Å². The van der Waals surface area contributed by atoms with Crippen LogP contribution in [0, 0.1) is 0 Å². The Balaban J connectivity index is 1.72. The molecule has 2 aliphatic rings. The average Bonchev–Trinajstić information content (AvgIpc) is 2.62. The third-order valence-electron chi connectivity index (χ3n) is 3.79. The van der Waals surface area contributed by atoms with Crippen molar-refractivity contribution in [2.24, 2.45) is 0 Å². The molecule has 0 radical (unpaired) electrons. The summed E-state index contributed by atoms with van der Waals surface area (Å²) in [5.41, 5.74) is 0.239. The molecule has 1 N–H and O–H groups in total. The molecular weight excluding hydrogens is 222 g/mol. The number of rotatable bonds is 4. The topological polar surface area (TPSA) is 21.3 Å². The van der Waals surface area contributed by atoms with Gasteiger partial charge in [0.2, 0.25) is 0 Å². The Labute approximate surface area is 103 Å². The summed E-state index contributed by atoms with van der Waals surface area (Å²) in [6, 6.07) is 0. The second-order valence-corrected chi connectivity index (χ2v) is 5.70. The molecule has 2 rings (SSSR count). The van der Waals surface area contributed by atoms with Gasteiger partial charge in [-0.05, 0) is 25.7 Å². The van der Waals surface area contributed by atoms with E-state index < -0.39 is 0 Å². The van der Waals surface area contributed by atoms with E-state index in [4.69, 9.17) is 16.3 Å². The maximum Gasteiger partial charge on any atom is 0.0708 e. The summed E-state index contributed by atoms with van der Waals surface area (Å²) < 4.78 is 6.24. The van der Waals surface area contributed by atoms with E-state index in [0.29, 0.717) is 17.7 Å². The van der Waals surface area contributed by atoms with Gasteiger partial charge in [0.25, 0.3) is 0 Å². The lowest BCUT2D eigenvalue weighted by Gasteiger charge is -2.33. The van der Waals surface area contributed by atoms with Gasteiger partial charge in [-0.15, -0.1) is 0 Å². The first-order valence-corrected chi connectivity index (χ1v) is 6.80. The first kappa shape index (κ1) is 12.4. The van der Waals surface area contributed by atoms with E-state index in [0.717, 1.165) is 6.54 Å². The first-order chi connectivity index (χ1) is 7.70. The molecular formula is C13H22ClNO. The molecule has 0 bridgehead atoms. The Bertz CT molecular complexity index is 248. The summed E-state index contributed by atoms with van der Waals surface area (Å²) in [6.07, 6.45) is 9.45. The standard InChI is InChI=1S/C13H22ClNO/c1-11(14)9-15-10-12-5-8-13(16-12)6-3-2-4-7-13/h12,15H,1-10H2. The van der Waals surface area contributed by atoms with Crippen LogP contribution >= 0.6 is 11.6 Å². The van der Waals surface area contributed by atoms with Crippen LogP contribution in [-0.4, -0.2) is 24.8 Å². The summed E-state index contributed by atoms with van der Waals surface area (Å²) in [7, 11) is 0. The molecule has 1 unspecified atom stereocenters. The van der Waals surface area contributed by atoms with Gasteiger partial charge in [-0.1, -0.05) is 37.4 Å². The highest BCUT2D eigenvalue weighted by atomic mass is 35.5. The van der Waals surface area contributed by atoms with Crippen LogP contribution < -0.4 is 5.32 Å². The zero-order valence-electron chi connectivity index (χ0n) is 9.93. The molecule has 0 aromatic rings. The van der Waals surface area contributed by atoms with E-state index in [1.807, 2.05) is 0 Å². The van der Waals surface area contributed by atoms with Crippen LogP contribution in [-0.2, 0) is 4.74 Å². The molecule has 0 aromatic heterocycles. The normalized spacial score (nSPS) is 28.4. The summed E-state index contributed by atoms with van der Waals surface area (Å²) >= 11 is 5.71. The third-order valence-corrected chi connectivity index (χ3v) is 3.93. The Morgan fingerprint density at radius 3 is 2.75 bits per heavy atom. The Morgan fingerprint density at radius 2 is 2.06 bits per heavy atom. The van der Waals surface area contributed by atoms with Crippen LogP contribution in [0.15, 0.2) is 11.6 Å². The molecule has 1 aliphatic heterocycles. The largest absolute Gasteiger partial charge is 0.370 e. The lowest BCUT2D eigenvalue weighted by atomic mass is 9.83. The maximum atomic E-state index is 6.24. The molecule has 0 amide bonds. The molecule has 2 nitrogen and oxygen atoms in total. The van der Waals surface area contributed by atoms with Gasteiger partial charge in [0.1, 0.15) is 0 Å². The summed E-state index contributed by atoms with van der Waals surface area (Å²) in [5.74, 6) is 0. The molecule has 0 aromatic carbocycles. The Kier molecular flexibility index (Phi) is 4.28. The van der Waals surface area contributed by atoms with Crippen molar-refractivity contribution in [1.82, 2.24) is 5.32 Å². The van der Waals surface area contributed by atoms with Crippen LogP contribution in [0.1, 0.15) is 44.9 Å². The maximum absolute atomic E-state index is 6.24. The van der Waals surface area contributed by atoms with Crippen molar-refractivity contribution in [3.8, 4) is 0 Å². The average molecular weight is 244 g/mol.